The first-order valence-corrected chi connectivity index (χ1v) is 21.0. The molecule has 4 fully saturated rings. The average Bonchev–Trinajstić information content (AvgIpc) is 4.13. The van der Waals surface area contributed by atoms with Gasteiger partial charge in [0.1, 0.15) is 36.1 Å². The molecule has 17 heteroatoms. The predicted octanol–water partition coefficient (Wildman–Crippen LogP) is 3.89. The molecule has 2 aromatic heterocycles. The van der Waals surface area contributed by atoms with E-state index < -0.39 is 60.2 Å². The summed E-state index contributed by atoms with van der Waals surface area (Å²) in [6, 6.07) is 4.37. The third-order valence-corrected chi connectivity index (χ3v) is 12.9. The Hall–Kier alpha value is -5.03. The molecule has 13 nitrogen and oxygen atoms in total. The number of fused-ring (bicyclic) bond motifs is 2. The van der Waals surface area contributed by atoms with Crippen LogP contribution in [0.25, 0.3) is 33.5 Å². The minimum atomic E-state index is -1.33. The van der Waals surface area contributed by atoms with Crippen LogP contribution in [-0.4, -0.2) is 124 Å². The molecule has 4 aromatic rings. The third kappa shape index (κ3) is 8.34. The minimum Gasteiger partial charge on any atom is -0.352 e. The van der Waals surface area contributed by atoms with Crippen molar-refractivity contribution in [2.24, 2.45) is 11.8 Å². The van der Waals surface area contributed by atoms with Gasteiger partial charge in [-0.25, -0.2) is 22.5 Å². The second kappa shape index (κ2) is 16.8. The number of hydrogen-bond acceptors (Lipinski definition) is 7. The average molecular weight is 836 g/mol. The molecule has 0 spiro atoms. The van der Waals surface area contributed by atoms with Crippen molar-refractivity contribution in [3.8, 4) is 11.5 Å². The minimum absolute atomic E-state index is 0.0118. The van der Waals surface area contributed by atoms with Gasteiger partial charge in [0.15, 0.2) is 5.82 Å². The third-order valence-electron chi connectivity index (χ3n) is 12.9. The number of hydrogen-bond donors (Lipinski definition) is 5. The lowest BCUT2D eigenvalue weighted by atomic mass is 9.99. The van der Waals surface area contributed by atoms with Gasteiger partial charge in [0.05, 0.1) is 47.9 Å². The second-order valence-corrected chi connectivity index (χ2v) is 17.2. The first-order chi connectivity index (χ1) is 28.7. The SMILES string of the molecule is CNC(C)C(=O)NC(C(=O)N1CC(F)CC1Cc1c(-c2nc3cc(F)ccc3n2CC2CC(F)CN2C(=O)C(NC(=O)C(C)NC)C2CC2)[nH]c2cc(F)ccc12)C1CC1. The molecule has 5 N–H and O–H groups in total. The number of carbonyl (C=O) groups is 4. The molecule has 8 unspecified atom stereocenters. The summed E-state index contributed by atoms with van der Waals surface area (Å²) in [5.41, 5.74) is 2.26. The highest BCUT2D eigenvalue weighted by Gasteiger charge is 2.46. The largest absolute Gasteiger partial charge is 0.352 e. The van der Waals surface area contributed by atoms with Gasteiger partial charge in [0.2, 0.25) is 23.6 Å². The molecule has 2 aliphatic heterocycles. The van der Waals surface area contributed by atoms with Crippen LogP contribution in [0, 0.1) is 23.5 Å². The van der Waals surface area contributed by atoms with Gasteiger partial charge >= 0.3 is 0 Å². The number of likely N-dealkylation sites (tertiary alicyclic amines) is 2. The lowest BCUT2D eigenvalue weighted by molar-refractivity contribution is -0.138. The van der Waals surface area contributed by atoms with Crippen LogP contribution in [0.15, 0.2) is 36.4 Å². The monoisotopic (exact) mass is 835 g/mol. The number of nitrogens with zero attached hydrogens (tertiary/aromatic N) is 4. The van der Waals surface area contributed by atoms with E-state index in [0.717, 1.165) is 25.7 Å². The molecular formula is C43H53F4N9O4. The number of imidazole rings is 1. The van der Waals surface area contributed by atoms with E-state index in [1.807, 2.05) is 0 Å². The van der Waals surface area contributed by atoms with Crippen molar-refractivity contribution in [1.82, 2.24) is 45.6 Å². The number of alkyl halides is 2. The lowest BCUT2D eigenvalue weighted by Gasteiger charge is -2.30. The molecule has 4 heterocycles. The standard InChI is InChI=1S/C43H53F4N9O4/c1-21(48-3)40(57)52-36(23-5-6-23)42(59)54-18-27(46)13-29(54)17-32-31-11-9-25(44)15-33(31)50-38(32)39-51-34-16-26(45)10-12-35(34)56(39)20-30-14-28(47)19-55(30)43(60)37(24-7-8-24)53-41(58)22(2)49-4/h9-12,15-16,21-24,27-30,36-37,48-50H,5-8,13-14,17-20H2,1-4H3,(H,52,57)(H,53,58). The number of benzene rings is 2. The van der Waals surface area contributed by atoms with Gasteiger partial charge in [-0.05, 0) is 108 Å². The Morgan fingerprint density at radius 3 is 1.88 bits per heavy atom. The second-order valence-electron chi connectivity index (χ2n) is 17.2. The zero-order chi connectivity index (χ0) is 42.6. The van der Waals surface area contributed by atoms with E-state index in [4.69, 9.17) is 4.98 Å². The van der Waals surface area contributed by atoms with E-state index in [2.05, 4.69) is 26.3 Å². The molecule has 4 aliphatic rings. The van der Waals surface area contributed by atoms with Gasteiger partial charge < -0.3 is 40.6 Å². The van der Waals surface area contributed by atoms with Crippen molar-refractivity contribution in [2.75, 3.05) is 27.2 Å². The van der Waals surface area contributed by atoms with Gasteiger partial charge in [-0.3, -0.25) is 19.2 Å². The molecule has 0 radical (unpaired) electrons. The number of rotatable bonds is 15. The first-order valence-electron chi connectivity index (χ1n) is 21.0. The lowest BCUT2D eigenvalue weighted by Crippen LogP contribution is -2.54. The summed E-state index contributed by atoms with van der Waals surface area (Å²) in [5, 5.41) is 12.2. The number of aromatic nitrogens is 3. The number of aromatic amines is 1. The van der Waals surface area contributed by atoms with E-state index in [-0.39, 0.29) is 79.9 Å². The topological polar surface area (TPSA) is 156 Å². The molecule has 4 amide bonds. The zero-order valence-electron chi connectivity index (χ0n) is 34.2. The molecule has 2 saturated heterocycles. The first kappa shape index (κ1) is 41.7. The van der Waals surface area contributed by atoms with Crippen LogP contribution in [0.2, 0.25) is 0 Å². The quantitative estimate of drug-likeness (QED) is 0.114. The smallest absolute Gasteiger partial charge is 0.245 e. The molecule has 2 aromatic carbocycles. The summed E-state index contributed by atoms with van der Waals surface area (Å²) < 4.78 is 62.4. The summed E-state index contributed by atoms with van der Waals surface area (Å²) in [7, 11) is 3.30. The van der Waals surface area contributed by atoms with Gasteiger partial charge in [0.25, 0.3) is 0 Å². The fourth-order valence-electron chi connectivity index (χ4n) is 8.98. The van der Waals surface area contributed by atoms with Crippen molar-refractivity contribution in [3.05, 3.63) is 53.6 Å². The van der Waals surface area contributed by atoms with Crippen molar-refractivity contribution >= 4 is 45.6 Å². The summed E-state index contributed by atoms with van der Waals surface area (Å²) in [6.07, 6.45) is 0.550. The van der Waals surface area contributed by atoms with Gasteiger partial charge in [-0.15, -0.1) is 0 Å². The Morgan fingerprint density at radius 2 is 1.32 bits per heavy atom. The molecule has 2 saturated carbocycles. The Kier molecular flexibility index (Phi) is 11.7. The normalized spacial score (nSPS) is 23.9. The van der Waals surface area contributed by atoms with Gasteiger partial charge in [0, 0.05) is 42.4 Å². The van der Waals surface area contributed by atoms with Crippen LogP contribution in [0.1, 0.15) is 57.9 Å². The number of likely N-dealkylation sites (N-methyl/N-ethyl adjacent to an activating group) is 2. The van der Waals surface area contributed by atoms with Crippen LogP contribution in [0.4, 0.5) is 17.6 Å². The van der Waals surface area contributed by atoms with Crippen molar-refractivity contribution in [2.45, 2.75) is 114 Å². The summed E-state index contributed by atoms with van der Waals surface area (Å²) in [5.74, 6) is -2.25. The van der Waals surface area contributed by atoms with Crippen LogP contribution in [0.5, 0.6) is 0 Å². The summed E-state index contributed by atoms with van der Waals surface area (Å²) >= 11 is 0. The number of nitrogens with one attached hydrogen (secondary N) is 5. The Morgan fingerprint density at radius 1 is 0.783 bits per heavy atom. The number of carbonyl (C=O) groups excluding carboxylic acids is 4. The highest BCUT2D eigenvalue weighted by Crippen LogP contribution is 2.40. The zero-order valence-corrected chi connectivity index (χ0v) is 34.2. The maximum atomic E-state index is 15.5. The van der Waals surface area contributed by atoms with Crippen LogP contribution in [0.3, 0.4) is 0 Å². The van der Waals surface area contributed by atoms with Crippen LogP contribution in [-0.2, 0) is 32.1 Å². The van der Waals surface area contributed by atoms with Crippen molar-refractivity contribution in [1.29, 1.82) is 0 Å². The fourth-order valence-corrected chi connectivity index (χ4v) is 8.98. The molecular weight excluding hydrogens is 783 g/mol. The number of H-pyrrole nitrogens is 1. The predicted molar refractivity (Wildman–Crippen MR) is 217 cm³/mol. The van der Waals surface area contributed by atoms with Crippen molar-refractivity contribution < 1.29 is 36.7 Å². The molecule has 0 bridgehead atoms. The van der Waals surface area contributed by atoms with E-state index in [1.165, 1.54) is 34.1 Å². The molecule has 8 atom stereocenters. The number of amides is 4. The van der Waals surface area contributed by atoms with E-state index >= 15 is 8.78 Å². The van der Waals surface area contributed by atoms with E-state index in [1.54, 1.807) is 44.6 Å². The maximum Gasteiger partial charge on any atom is 0.245 e. The van der Waals surface area contributed by atoms with E-state index in [0.29, 0.717) is 33.5 Å². The van der Waals surface area contributed by atoms with Gasteiger partial charge in [-0.2, -0.15) is 0 Å². The fraction of sp³-hybridized carbons (Fsp3) is 0.558. The van der Waals surface area contributed by atoms with Gasteiger partial charge in [-0.1, -0.05) is 0 Å². The maximum absolute atomic E-state index is 15.5. The van der Waals surface area contributed by atoms with Crippen LogP contribution >= 0.6 is 0 Å². The summed E-state index contributed by atoms with van der Waals surface area (Å²) in [6.45, 7) is 3.12. The Labute approximate surface area is 345 Å². The van der Waals surface area contributed by atoms with Crippen molar-refractivity contribution in [3.63, 3.8) is 0 Å². The molecule has 60 heavy (non-hydrogen) atoms. The van der Waals surface area contributed by atoms with E-state index in [9.17, 15) is 28.0 Å². The Bertz CT molecular complexity index is 2130. The Balaban J connectivity index is 1.16. The molecule has 8 rings (SSSR count). The van der Waals surface area contributed by atoms with Crippen LogP contribution < -0.4 is 21.3 Å². The number of halogens is 4. The molecule has 322 valence electrons. The summed E-state index contributed by atoms with van der Waals surface area (Å²) in [4.78, 5) is 65.6. The highest BCUT2D eigenvalue weighted by molar-refractivity contribution is 5.93. The highest BCUT2D eigenvalue weighted by atomic mass is 19.1. The molecule has 2 aliphatic carbocycles.